The first-order chi connectivity index (χ1) is 8.27. The summed E-state index contributed by atoms with van der Waals surface area (Å²) in [6, 6.07) is 6.08. The number of para-hydroxylation sites is 1. The van der Waals surface area contributed by atoms with Gasteiger partial charge in [-0.25, -0.2) is 4.39 Å². The predicted octanol–water partition coefficient (Wildman–Crippen LogP) is 1.06. The highest BCUT2D eigenvalue weighted by molar-refractivity contribution is 5.85. The van der Waals surface area contributed by atoms with Crippen LogP contribution in [-0.2, 0) is 4.79 Å². The Morgan fingerprint density at radius 3 is 2.67 bits per heavy atom. The van der Waals surface area contributed by atoms with Crippen LogP contribution in [0.4, 0.5) is 4.39 Å². The summed E-state index contributed by atoms with van der Waals surface area (Å²) in [6.45, 7) is 2.84. The number of carbonyl (C=O) groups is 1. The Kier molecular flexibility index (Phi) is 5.88. The summed E-state index contributed by atoms with van der Waals surface area (Å²) in [5, 5.41) is 3.16. The van der Waals surface area contributed by atoms with Crippen molar-refractivity contribution in [3.63, 3.8) is 0 Å². The van der Waals surface area contributed by atoms with Gasteiger partial charge in [-0.1, -0.05) is 12.1 Å². The van der Waals surface area contributed by atoms with Gasteiger partial charge in [0.05, 0.1) is 0 Å². The lowest BCUT2D eigenvalue weighted by Gasteiger charge is -2.27. The van der Waals surface area contributed by atoms with E-state index in [0.717, 1.165) is 13.1 Å². The standard InChI is InChI=1S/C12H15FN2O2.ClH/c13-10-3-1-2-4-11(10)17-9-12(16)15-7-5-14-6-8-15;/h1-4,14H,5-9H2;1H. The van der Waals surface area contributed by atoms with Crippen molar-refractivity contribution in [3.05, 3.63) is 30.1 Å². The highest BCUT2D eigenvalue weighted by Gasteiger charge is 2.16. The number of hydrogen-bond acceptors (Lipinski definition) is 3. The number of nitrogens with zero attached hydrogens (tertiary/aromatic N) is 1. The van der Waals surface area contributed by atoms with Gasteiger partial charge in [0, 0.05) is 26.2 Å². The minimum atomic E-state index is -0.444. The number of nitrogens with one attached hydrogen (secondary N) is 1. The third kappa shape index (κ3) is 3.85. The van der Waals surface area contributed by atoms with Gasteiger partial charge in [0.1, 0.15) is 0 Å². The molecule has 1 aromatic rings. The number of ether oxygens (including phenoxy) is 1. The van der Waals surface area contributed by atoms with Gasteiger partial charge in [0.25, 0.3) is 5.91 Å². The van der Waals surface area contributed by atoms with E-state index in [1.54, 1.807) is 17.0 Å². The average Bonchev–Trinajstić information content (AvgIpc) is 2.38. The van der Waals surface area contributed by atoms with Gasteiger partial charge in [0.15, 0.2) is 18.2 Å². The van der Waals surface area contributed by atoms with Crippen molar-refractivity contribution in [2.45, 2.75) is 0 Å². The molecule has 0 aromatic heterocycles. The molecule has 0 saturated carbocycles. The normalized spacial score (nSPS) is 14.8. The highest BCUT2D eigenvalue weighted by atomic mass is 35.5. The van der Waals surface area contributed by atoms with E-state index in [1.165, 1.54) is 12.1 Å². The molecular formula is C12H16ClFN2O2. The maximum atomic E-state index is 13.2. The molecule has 0 bridgehead atoms. The van der Waals surface area contributed by atoms with Crippen LogP contribution in [0.3, 0.4) is 0 Å². The van der Waals surface area contributed by atoms with Crippen molar-refractivity contribution in [1.29, 1.82) is 0 Å². The molecule has 100 valence electrons. The Balaban J connectivity index is 0.00000162. The van der Waals surface area contributed by atoms with Gasteiger partial charge < -0.3 is 15.0 Å². The summed E-state index contributed by atoms with van der Waals surface area (Å²) in [5.74, 6) is -0.425. The first kappa shape index (κ1) is 14.7. The van der Waals surface area contributed by atoms with Crippen molar-refractivity contribution in [3.8, 4) is 5.75 Å². The number of hydrogen-bond donors (Lipinski definition) is 1. The van der Waals surface area contributed by atoms with E-state index >= 15 is 0 Å². The average molecular weight is 275 g/mol. The van der Waals surface area contributed by atoms with Gasteiger partial charge in [-0.2, -0.15) is 0 Å². The van der Waals surface area contributed by atoms with Crippen LogP contribution in [0.5, 0.6) is 5.75 Å². The Hall–Kier alpha value is -1.33. The molecule has 6 heteroatoms. The SMILES string of the molecule is Cl.O=C(COc1ccccc1F)N1CCNCC1. The number of halogens is 2. The van der Waals surface area contributed by atoms with Gasteiger partial charge in [-0.05, 0) is 12.1 Å². The molecule has 1 fully saturated rings. The highest BCUT2D eigenvalue weighted by Crippen LogP contribution is 2.15. The Morgan fingerprint density at radius 1 is 1.33 bits per heavy atom. The van der Waals surface area contributed by atoms with Crippen LogP contribution in [-0.4, -0.2) is 43.6 Å². The second kappa shape index (κ2) is 7.18. The monoisotopic (exact) mass is 274 g/mol. The van der Waals surface area contributed by atoms with Crippen LogP contribution in [0.15, 0.2) is 24.3 Å². The molecule has 2 rings (SSSR count). The number of benzene rings is 1. The summed E-state index contributed by atoms with van der Waals surface area (Å²) < 4.78 is 18.4. The van der Waals surface area contributed by atoms with Crippen LogP contribution in [0.2, 0.25) is 0 Å². The van der Waals surface area contributed by atoms with Crippen LogP contribution in [0.25, 0.3) is 0 Å². The molecule has 1 aromatic carbocycles. The van der Waals surface area contributed by atoms with E-state index in [-0.39, 0.29) is 30.7 Å². The molecule has 18 heavy (non-hydrogen) atoms. The maximum Gasteiger partial charge on any atom is 0.260 e. The molecule has 1 aliphatic heterocycles. The molecule has 0 radical (unpaired) electrons. The lowest BCUT2D eigenvalue weighted by atomic mass is 10.3. The fourth-order valence-electron chi connectivity index (χ4n) is 1.71. The van der Waals surface area contributed by atoms with Crippen LogP contribution in [0.1, 0.15) is 0 Å². The van der Waals surface area contributed by atoms with Crippen molar-refractivity contribution >= 4 is 18.3 Å². The Morgan fingerprint density at radius 2 is 2.00 bits per heavy atom. The first-order valence-corrected chi connectivity index (χ1v) is 5.63. The summed E-state index contributed by atoms with van der Waals surface area (Å²) >= 11 is 0. The zero-order valence-corrected chi connectivity index (χ0v) is 10.7. The van der Waals surface area contributed by atoms with Crippen molar-refractivity contribution in [2.75, 3.05) is 32.8 Å². The van der Waals surface area contributed by atoms with Gasteiger partial charge >= 0.3 is 0 Å². The summed E-state index contributed by atoms with van der Waals surface area (Å²) in [7, 11) is 0. The Bertz CT molecular complexity index is 397. The smallest absolute Gasteiger partial charge is 0.260 e. The molecule has 0 unspecified atom stereocenters. The minimum absolute atomic E-state index is 0. The third-order valence-electron chi connectivity index (χ3n) is 2.66. The van der Waals surface area contributed by atoms with E-state index in [2.05, 4.69) is 5.32 Å². The second-order valence-electron chi connectivity index (χ2n) is 3.85. The molecule has 0 aliphatic carbocycles. The lowest BCUT2D eigenvalue weighted by molar-refractivity contribution is -0.133. The third-order valence-corrected chi connectivity index (χ3v) is 2.66. The lowest BCUT2D eigenvalue weighted by Crippen LogP contribution is -2.47. The zero-order chi connectivity index (χ0) is 12.1. The van der Waals surface area contributed by atoms with E-state index in [4.69, 9.17) is 4.74 Å². The van der Waals surface area contributed by atoms with Crippen LogP contribution >= 0.6 is 12.4 Å². The largest absolute Gasteiger partial charge is 0.481 e. The molecule has 0 atom stereocenters. The minimum Gasteiger partial charge on any atom is -0.481 e. The van der Waals surface area contributed by atoms with E-state index < -0.39 is 5.82 Å². The van der Waals surface area contributed by atoms with Crippen molar-refractivity contribution in [2.24, 2.45) is 0 Å². The number of piperazine rings is 1. The fraction of sp³-hybridized carbons (Fsp3) is 0.417. The summed E-state index contributed by atoms with van der Waals surface area (Å²) in [5.41, 5.74) is 0. The van der Waals surface area contributed by atoms with Crippen molar-refractivity contribution in [1.82, 2.24) is 10.2 Å². The molecule has 1 saturated heterocycles. The maximum absolute atomic E-state index is 13.2. The molecule has 4 nitrogen and oxygen atoms in total. The van der Waals surface area contributed by atoms with Crippen LogP contribution < -0.4 is 10.1 Å². The van der Waals surface area contributed by atoms with E-state index in [0.29, 0.717) is 13.1 Å². The first-order valence-electron chi connectivity index (χ1n) is 5.63. The fourth-order valence-corrected chi connectivity index (χ4v) is 1.71. The molecular weight excluding hydrogens is 259 g/mol. The predicted molar refractivity (Wildman–Crippen MR) is 68.6 cm³/mol. The summed E-state index contributed by atoms with van der Waals surface area (Å²) in [4.78, 5) is 13.5. The van der Waals surface area contributed by atoms with Gasteiger partial charge in [-0.15, -0.1) is 12.4 Å². The molecule has 1 heterocycles. The molecule has 1 amide bonds. The topological polar surface area (TPSA) is 41.6 Å². The molecule has 1 aliphatic rings. The number of carbonyl (C=O) groups excluding carboxylic acids is 1. The summed E-state index contributed by atoms with van der Waals surface area (Å²) in [6.07, 6.45) is 0. The molecule has 0 spiro atoms. The quantitative estimate of drug-likeness (QED) is 0.896. The van der Waals surface area contributed by atoms with E-state index in [9.17, 15) is 9.18 Å². The van der Waals surface area contributed by atoms with Crippen LogP contribution in [0, 0.1) is 5.82 Å². The number of amides is 1. The Labute approximate surface area is 112 Å². The number of rotatable bonds is 3. The second-order valence-corrected chi connectivity index (χ2v) is 3.85. The molecule has 1 N–H and O–H groups in total. The van der Waals surface area contributed by atoms with Crippen molar-refractivity contribution < 1.29 is 13.9 Å². The van der Waals surface area contributed by atoms with Gasteiger partial charge in [-0.3, -0.25) is 4.79 Å². The van der Waals surface area contributed by atoms with E-state index in [1.807, 2.05) is 0 Å². The van der Waals surface area contributed by atoms with Gasteiger partial charge in [0.2, 0.25) is 0 Å². The zero-order valence-electron chi connectivity index (χ0n) is 9.89.